The number of benzene rings is 1. The summed E-state index contributed by atoms with van der Waals surface area (Å²) in [6, 6.07) is 7.63. The molecule has 1 aromatic heterocycles. The highest BCUT2D eigenvalue weighted by Gasteiger charge is 2.19. The molecule has 0 saturated heterocycles. The highest BCUT2D eigenvalue weighted by atomic mass is 32.2. The topological polar surface area (TPSA) is 77.2 Å². The van der Waals surface area contributed by atoms with Crippen LogP contribution in [0.5, 0.6) is 0 Å². The number of aromatic nitrogens is 3. The van der Waals surface area contributed by atoms with Crippen LogP contribution in [0.3, 0.4) is 0 Å². The van der Waals surface area contributed by atoms with Gasteiger partial charge in [0.05, 0.1) is 12.3 Å². The molecule has 7 heteroatoms. The first kappa shape index (κ1) is 13.6. The second-order valence-electron chi connectivity index (χ2n) is 3.74. The number of carbonyl (C=O) groups is 1. The predicted molar refractivity (Wildman–Crippen MR) is 70.8 cm³/mol. The molecule has 100 valence electrons. The summed E-state index contributed by atoms with van der Waals surface area (Å²) in [7, 11) is 1.50. The highest BCUT2D eigenvalue weighted by molar-refractivity contribution is 7.98. The van der Waals surface area contributed by atoms with E-state index in [2.05, 4.69) is 10.3 Å². The SMILES string of the molecule is COCc1c(C(=O)O)nnn1-c1cccc(SC)c1. The largest absolute Gasteiger partial charge is 0.476 e. The summed E-state index contributed by atoms with van der Waals surface area (Å²) in [6.45, 7) is 0.137. The van der Waals surface area contributed by atoms with Gasteiger partial charge in [0.2, 0.25) is 0 Å². The summed E-state index contributed by atoms with van der Waals surface area (Å²) in [5.74, 6) is -1.11. The molecule has 1 aromatic carbocycles. The predicted octanol–water partition coefficient (Wildman–Crippen LogP) is 1.83. The van der Waals surface area contributed by atoms with Crippen molar-refractivity contribution < 1.29 is 14.6 Å². The summed E-state index contributed by atoms with van der Waals surface area (Å²) in [4.78, 5) is 12.2. The van der Waals surface area contributed by atoms with Gasteiger partial charge in [-0.2, -0.15) is 0 Å². The molecular formula is C12H13N3O3S. The fourth-order valence-electron chi connectivity index (χ4n) is 1.68. The zero-order chi connectivity index (χ0) is 13.8. The molecule has 0 fully saturated rings. The lowest BCUT2D eigenvalue weighted by Gasteiger charge is -2.07. The lowest BCUT2D eigenvalue weighted by atomic mass is 10.3. The molecule has 0 saturated carbocycles. The van der Waals surface area contributed by atoms with Crippen molar-refractivity contribution in [3.05, 3.63) is 35.7 Å². The molecule has 0 spiro atoms. The van der Waals surface area contributed by atoms with Gasteiger partial charge in [-0.15, -0.1) is 16.9 Å². The maximum Gasteiger partial charge on any atom is 0.358 e. The standard InChI is InChI=1S/C12H13N3O3S/c1-18-7-10-11(12(16)17)13-14-15(10)8-4-3-5-9(6-8)19-2/h3-6H,7H2,1-2H3,(H,16,17). The second kappa shape index (κ2) is 5.85. The average Bonchev–Trinajstić information content (AvgIpc) is 2.83. The van der Waals surface area contributed by atoms with Gasteiger partial charge in [0.15, 0.2) is 5.69 Å². The number of hydrogen-bond acceptors (Lipinski definition) is 5. The van der Waals surface area contributed by atoms with E-state index in [0.29, 0.717) is 5.69 Å². The van der Waals surface area contributed by atoms with Crippen LogP contribution in [0.4, 0.5) is 0 Å². The minimum absolute atomic E-state index is 0.0867. The number of thioether (sulfide) groups is 1. The average molecular weight is 279 g/mol. The van der Waals surface area contributed by atoms with Crippen molar-refractivity contribution in [2.24, 2.45) is 0 Å². The molecule has 6 nitrogen and oxygen atoms in total. The fourth-order valence-corrected chi connectivity index (χ4v) is 2.14. The summed E-state index contributed by atoms with van der Waals surface area (Å²) >= 11 is 1.60. The van der Waals surface area contributed by atoms with Gasteiger partial charge in [0.1, 0.15) is 5.69 Å². The monoisotopic (exact) mass is 279 g/mol. The molecule has 19 heavy (non-hydrogen) atoms. The molecule has 1 N–H and O–H groups in total. The highest BCUT2D eigenvalue weighted by Crippen LogP contribution is 2.20. The smallest absolute Gasteiger partial charge is 0.358 e. The van der Waals surface area contributed by atoms with E-state index in [1.54, 1.807) is 11.8 Å². The van der Waals surface area contributed by atoms with Crippen LogP contribution < -0.4 is 0 Å². The number of aromatic carboxylic acids is 1. The minimum Gasteiger partial charge on any atom is -0.476 e. The molecule has 2 aromatic rings. The van der Waals surface area contributed by atoms with Crippen LogP contribution in [-0.4, -0.2) is 39.4 Å². The van der Waals surface area contributed by atoms with E-state index in [1.807, 2.05) is 30.5 Å². The Balaban J connectivity index is 2.51. The molecule has 0 unspecified atom stereocenters. The maximum atomic E-state index is 11.1. The minimum atomic E-state index is -1.11. The van der Waals surface area contributed by atoms with E-state index in [9.17, 15) is 4.79 Å². The molecule has 0 aliphatic heterocycles. The van der Waals surface area contributed by atoms with Gasteiger partial charge in [-0.1, -0.05) is 11.3 Å². The first-order valence-corrected chi connectivity index (χ1v) is 6.71. The van der Waals surface area contributed by atoms with Gasteiger partial charge in [-0.05, 0) is 24.5 Å². The quantitative estimate of drug-likeness (QED) is 0.841. The van der Waals surface area contributed by atoms with Crippen LogP contribution in [0.25, 0.3) is 5.69 Å². The molecule has 0 aliphatic carbocycles. The Morgan fingerprint density at radius 3 is 2.95 bits per heavy atom. The number of rotatable bonds is 5. The maximum absolute atomic E-state index is 11.1. The van der Waals surface area contributed by atoms with Crippen LogP contribution in [0.15, 0.2) is 29.2 Å². The van der Waals surface area contributed by atoms with Gasteiger partial charge in [-0.25, -0.2) is 9.48 Å². The Labute approximate surface area is 114 Å². The molecular weight excluding hydrogens is 266 g/mol. The third kappa shape index (κ3) is 2.77. The van der Waals surface area contributed by atoms with E-state index in [0.717, 1.165) is 10.6 Å². The fraction of sp³-hybridized carbons (Fsp3) is 0.250. The van der Waals surface area contributed by atoms with Crippen molar-refractivity contribution in [2.45, 2.75) is 11.5 Å². The van der Waals surface area contributed by atoms with Crippen molar-refractivity contribution in [1.82, 2.24) is 15.0 Å². The van der Waals surface area contributed by atoms with E-state index in [1.165, 1.54) is 11.8 Å². The Kier molecular flexibility index (Phi) is 4.18. The molecule has 0 atom stereocenters. The van der Waals surface area contributed by atoms with Gasteiger partial charge in [-0.3, -0.25) is 0 Å². The van der Waals surface area contributed by atoms with Crippen LogP contribution >= 0.6 is 11.8 Å². The first-order valence-electron chi connectivity index (χ1n) is 5.48. The van der Waals surface area contributed by atoms with Gasteiger partial charge in [0, 0.05) is 12.0 Å². The Hall–Kier alpha value is -1.86. The van der Waals surface area contributed by atoms with E-state index in [-0.39, 0.29) is 12.3 Å². The van der Waals surface area contributed by atoms with Crippen molar-refractivity contribution in [3.8, 4) is 5.69 Å². The normalized spacial score (nSPS) is 10.6. The number of hydrogen-bond donors (Lipinski definition) is 1. The lowest BCUT2D eigenvalue weighted by molar-refractivity contribution is 0.0685. The van der Waals surface area contributed by atoms with Crippen LogP contribution in [0.2, 0.25) is 0 Å². The zero-order valence-electron chi connectivity index (χ0n) is 10.5. The zero-order valence-corrected chi connectivity index (χ0v) is 11.3. The number of ether oxygens (including phenoxy) is 1. The Bertz CT molecular complexity index is 598. The number of carboxylic acids is 1. The Morgan fingerprint density at radius 1 is 1.53 bits per heavy atom. The third-order valence-electron chi connectivity index (χ3n) is 2.54. The third-order valence-corrected chi connectivity index (χ3v) is 3.27. The van der Waals surface area contributed by atoms with Gasteiger partial charge >= 0.3 is 5.97 Å². The lowest BCUT2D eigenvalue weighted by Crippen LogP contribution is -2.07. The molecule has 0 bridgehead atoms. The summed E-state index contributed by atoms with van der Waals surface area (Å²) in [5, 5.41) is 16.7. The van der Waals surface area contributed by atoms with E-state index in [4.69, 9.17) is 9.84 Å². The van der Waals surface area contributed by atoms with E-state index >= 15 is 0 Å². The second-order valence-corrected chi connectivity index (χ2v) is 4.62. The Morgan fingerprint density at radius 2 is 2.32 bits per heavy atom. The van der Waals surface area contributed by atoms with Crippen molar-refractivity contribution in [1.29, 1.82) is 0 Å². The van der Waals surface area contributed by atoms with Crippen LogP contribution in [-0.2, 0) is 11.3 Å². The first-order chi connectivity index (χ1) is 9.17. The van der Waals surface area contributed by atoms with Crippen LogP contribution in [0, 0.1) is 0 Å². The number of carboxylic acid groups (broad SMARTS) is 1. The molecule has 0 amide bonds. The van der Waals surface area contributed by atoms with Crippen molar-refractivity contribution >= 4 is 17.7 Å². The van der Waals surface area contributed by atoms with E-state index < -0.39 is 5.97 Å². The van der Waals surface area contributed by atoms with Crippen molar-refractivity contribution in [3.63, 3.8) is 0 Å². The van der Waals surface area contributed by atoms with Gasteiger partial charge in [0.25, 0.3) is 0 Å². The number of methoxy groups -OCH3 is 1. The molecule has 0 radical (unpaired) electrons. The molecule has 0 aliphatic rings. The summed E-state index contributed by atoms with van der Waals surface area (Å²) in [6.07, 6.45) is 1.97. The number of nitrogens with zero attached hydrogens (tertiary/aromatic N) is 3. The van der Waals surface area contributed by atoms with Gasteiger partial charge < -0.3 is 9.84 Å². The summed E-state index contributed by atoms with van der Waals surface area (Å²) in [5.41, 5.74) is 1.10. The van der Waals surface area contributed by atoms with Crippen LogP contribution in [0.1, 0.15) is 16.2 Å². The molecule has 1 heterocycles. The summed E-state index contributed by atoms with van der Waals surface area (Å²) < 4.78 is 6.52. The van der Waals surface area contributed by atoms with Crippen molar-refractivity contribution in [2.75, 3.05) is 13.4 Å². The molecule has 2 rings (SSSR count).